The third-order valence-electron chi connectivity index (χ3n) is 3.87. The Morgan fingerprint density at radius 1 is 1.39 bits per heavy atom. The summed E-state index contributed by atoms with van der Waals surface area (Å²) in [5.74, 6) is -0.427. The van der Waals surface area contributed by atoms with Gasteiger partial charge in [0.25, 0.3) is 5.91 Å². The highest BCUT2D eigenvalue weighted by Gasteiger charge is 2.24. The first kappa shape index (κ1) is 17.5. The molecule has 3 amide bonds. The van der Waals surface area contributed by atoms with Crippen LogP contribution < -0.4 is 11.1 Å². The molecule has 1 aliphatic rings. The van der Waals surface area contributed by atoms with Crippen LogP contribution in [0.4, 0.5) is 0 Å². The van der Waals surface area contributed by atoms with Gasteiger partial charge in [0.05, 0.1) is 6.54 Å². The molecule has 2 rings (SSSR count). The van der Waals surface area contributed by atoms with Gasteiger partial charge in [-0.25, -0.2) is 0 Å². The van der Waals surface area contributed by atoms with E-state index in [1.807, 2.05) is 0 Å². The van der Waals surface area contributed by atoms with Crippen LogP contribution in [-0.4, -0.2) is 42.3 Å². The van der Waals surface area contributed by atoms with Crippen molar-refractivity contribution >= 4 is 33.7 Å². The molecule has 0 spiro atoms. The van der Waals surface area contributed by atoms with Crippen molar-refractivity contribution in [1.29, 1.82) is 0 Å². The van der Waals surface area contributed by atoms with Gasteiger partial charge in [0.15, 0.2) is 10.4 Å². The van der Waals surface area contributed by atoms with E-state index >= 15 is 0 Å². The molecule has 1 aromatic heterocycles. The number of likely N-dealkylation sites (tertiary alicyclic amines) is 1. The van der Waals surface area contributed by atoms with Crippen LogP contribution >= 0.6 is 15.9 Å². The molecule has 1 fully saturated rings. The number of rotatable bonds is 6. The lowest BCUT2D eigenvalue weighted by atomic mass is 9.93. The first-order valence-electron chi connectivity index (χ1n) is 7.55. The predicted octanol–water partition coefficient (Wildman–Crippen LogP) is 1.28. The fourth-order valence-electron chi connectivity index (χ4n) is 2.66. The van der Waals surface area contributed by atoms with E-state index < -0.39 is 5.91 Å². The molecule has 1 aliphatic heterocycles. The molecule has 1 atom stereocenters. The van der Waals surface area contributed by atoms with E-state index in [4.69, 9.17) is 10.2 Å². The summed E-state index contributed by atoms with van der Waals surface area (Å²) in [5.41, 5.74) is 5.16. The number of nitrogens with one attached hydrogen (secondary N) is 1. The lowest BCUT2D eigenvalue weighted by molar-refractivity contribution is -0.131. The molecular weight excluding hydrogens is 366 g/mol. The van der Waals surface area contributed by atoms with E-state index in [1.54, 1.807) is 11.0 Å². The molecule has 23 heavy (non-hydrogen) atoms. The Balaban J connectivity index is 1.78. The van der Waals surface area contributed by atoms with E-state index in [0.717, 1.165) is 12.8 Å². The zero-order valence-corrected chi connectivity index (χ0v) is 14.3. The number of carbonyl (C=O) groups is 3. The van der Waals surface area contributed by atoms with Gasteiger partial charge >= 0.3 is 0 Å². The van der Waals surface area contributed by atoms with Gasteiger partial charge in [-0.1, -0.05) is 0 Å². The van der Waals surface area contributed by atoms with Crippen molar-refractivity contribution in [3.8, 4) is 0 Å². The summed E-state index contributed by atoms with van der Waals surface area (Å²) in [4.78, 5) is 36.6. The van der Waals surface area contributed by atoms with Crippen molar-refractivity contribution in [3.63, 3.8) is 0 Å². The molecule has 3 N–H and O–H groups in total. The van der Waals surface area contributed by atoms with Gasteiger partial charge in [-0.2, -0.15) is 0 Å². The lowest BCUT2D eigenvalue weighted by Gasteiger charge is -2.32. The van der Waals surface area contributed by atoms with E-state index in [-0.39, 0.29) is 30.0 Å². The summed E-state index contributed by atoms with van der Waals surface area (Å²) in [6.07, 6.45) is 2.93. The largest absolute Gasteiger partial charge is 0.444 e. The second-order valence-electron chi connectivity index (χ2n) is 5.64. The lowest BCUT2D eigenvalue weighted by Crippen LogP contribution is -2.45. The average molecular weight is 386 g/mol. The fraction of sp³-hybridized carbons (Fsp3) is 0.533. The van der Waals surface area contributed by atoms with Crippen LogP contribution in [0.15, 0.2) is 21.2 Å². The molecule has 1 saturated heterocycles. The first-order chi connectivity index (χ1) is 11.0. The number of hydrogen-bond acceptors (Lipinski definition) is 4. The Kier molecular flexibility index (Phi) is 6.20. The van der Waals surface area contributed by atoms with E-state index in [1.165, 1.54) is 6.07 Å². The molecule has 1 unspecified atom stereocenters. The topological polar surface area (TPSA) is 106 Å². The third-order valence-corrected chi connectivity index (χ3v) is 4.29. The van der Waals surface area contributed by atoms with Gasteiger partial charge in [-0.3, -0.25) is 14.4 Å². The zero-order chi connectivity index (χ0) is 16.8. The molecule has 0 saturated carbocycles. The minimum absolute atomic E-state index is 0.0698. The smallest absolute Gasteiger partial charge is 0.287 e. The minimum Gasteiger partial charge on any atom is -0.444 e. The Morgan fingerprint density at radius 3 is 2.83 bits per heavy atom. The normalized spacial score (nSPS) is 17.8. The van der Waals surface area contributed by atoms with Crippen molar-refractivity contribution in [2.24, 2.45) is 11.7 Å². The molecule has 126 valence electrons. The van der Waals surface area contributed by atoms with Gasteiger partial charge in [0, 0.05) is 19.5 Å². The monoisotopic (exact) mass is 385 g/mol. The Morgan fingerprint density at radius 2 is 2.17 bits per heavy atom. The van der Waals surface area contributed by atoms with E-state index in [2.05, 4.69) is 21.2 Å². The maximum absolute atomic E-state index is 12.2. The molecule has 7 nitrogen and oxygen atoms in total. The van der Waals surface area contributed by atoms with Crippen molar-refractivity contribution in [2.75, 3.05) is 19.6 Å². The molecule has 0 bridgehead atoms. The standard InChI is InChI=1S/C15H20BrN3O4/c16-12-5-4-11(23-12)15(22)18-8-14(21)19-7-1-2-10(9-19)3-6-13(17)20/h4-5,10H,1-3,6-9H2,(H2,17,20)(H,18,22). The summed E-state index contributed by atoms with van der Waals surface area (Å²) in [5, 5.41) is 2.56. The Labute approximate surface area is 142 Å². The molecule has 2 heterocycles. The van der Waals surface area contributed by atoms with Crippen LogP contribution in [0.3, 0.4) is 0 Å². The molecular formula is C15H20BrN3O4. The fourth-order valence-corrected chi connectivity index (χ4v) is 2.97. The van der Waals surface area contributed by atoms with Crippen LogP contribution in [0.25, 0.3) is 0 Å². The minimum atomic E-state index is -0.425. The Hall–Kier alpha value is -1.83. The Bertz CT molecular complexity index is 587. The van der Waals surface area contributed by atoms with Gasteiger partial charge < -0.3 is 20.4 Å². The summed E-state index contributed by atoms with van der Waals surface area (Å²) in [7, 11) is 0. The number of furan rings is 1. The number of hydrogen-bond donors (Lipinski definition) is 2. The average Bonchev–Trinajstić information content (AvgIpc) is 2.97. The molecule has 0 aliphatic carbocycles. The van der Waals surface area contributed by atoms with Crippen molar-refractivity contribution in [3.05, 3.63) is 22.6 Å². The number of primary amides is 1. The quantitative estimate of drug-likeness (QED) is 0.768. The maximum atomic E-state index is 12.2. The van der Waals surface area contributed by atoms with Crippen LogP contribution in [0.1, 0.15) is 36.2 Å². The SMILES string of the molecule is NC(=O)CCC1CCCN(C(=O)CNC(=O)c2ccc(Br)o2)C1. The molecule has 1 aromatic rings. The summed E-state index contributed by atoms with van der Waals surface area (Å²) < 4.78 is 5.59. The highest BCUT2D eigenvalue weighted by molar-refractivity contribution is 9.10. The molecule has 0 radical (unpaired) electrons. The van der Waals surface area contributed by atoms with Crippen molar-refractivity contribution in [2.45, 2.75) is 25.7 Å². The zero-order valence-electron chi connectivity index (χ0n) is 12.7. The van der Waals surface area contributed by atoms with Crippen LogP contribution in [0.2, 0.25) is 0 Å². The summed E-state index contributed by atoms with van der Waals surface area (Å²) in [6, 6.07) is 3.15. The predicted molar refractivity (Wildman–Crippen MR) is 86.5 cm³/mol. The van der Waals surface area contributed by atoms with Crippen molar-refractivity contribution in [1.82, 2.24) is 10.2 Å². The second kappa shape index (κ2) is 8.14. The van der Waals surface area contributed by atoms with E-state index in [0.29, 0.717) is 30.6 Å². The van der Waals surface area contributed by atoms with Gasteiger partial charge in [0.2, 0.25) is 11.8 Å². The number of halogens is 1. The number of amides is 3. The van der Waals surface area contributed by atoms with Crippen LogP contribution in [0, 0.1) is 5.92 Å². The number of nitrogens with two attached hydrogens (primary N) is 1. The number of carbonyl (C=O) groups excluding carboxylic acids is 3. The maximum Gasteiger partial charge on any atom is 0.287 e. The summed E-state index contributed by atoms with van der Waals surface area (Å²) in [6.45, 7) is 1.21. The van der Waals surface area contributed by atoms with Gasteiger partial charge in [0.1, 0.15) is 0 Å². The van der Waals surface area contributed by atoms with Crippen LogP contribution in [0.5, 0.6) is 0 Å². The second-order valence-corrected chi connectivity index (χ2v) is 6.42. The molecule has 0 aromatic carbocycles. The summed E-state index contributed by atoms with van der Waals surface area (Å²) >= 11 is 3.12. The first-order valence-corrected chi connectivity index (χ1v) is 8.34. The highest BCUT2D eigenvalue weighted by atomic mass is 79.9. The van der Waals surface area contributed by atoms with Crippen molar-refractivity contribution < 1.29 is 18.8 Å². The highest BCUT2D eigenvalue weighted by Crippen LogP contribution is 2.21. The number of nitrogens with zero attached hydrogens (tertiary/aromatic N) is 1. The number of piperidine rings is 1. The van der Waals surface area contributed by atoms with E-state index in [9.17, 15) is 14.4 Å². The third kappa shape index (κ3) is 5.38. The van der Waals surface area contributed by atoms with Crippen LogP contribution in [-0.2, 0) is 9.59 Å². The molecule has 8 heteroatoms. The van der Waals surface area contributed by atoms with Gasteiger partial charge in [-0.15, -0.1) is 0 Å². The van der Waals surface area contributed by atoms with Gasteiger partial charge in [-0.05, 0) is 53.2 Å².